The third-order valence-corrected chi connectivity index (χ3v) is 4.23. The summed E-state index contributed by atoms with van der Waals surface area (Å²) in [4.78, 5) is 9.00. The molecule has 0 atom stereocenters. The fourth-order valence-electron chi connectivity index (χ4n) is 2.81. The Balaban J connectivity index is 2.14. The molecule has 0 saturated heterocycles. The highest BCUT2D eigenvalue weighted by Gasteiger charge is 2.13. The van der Waals surface area contributed by atoms with E-state index in [2.05, 4.69) is 27.5 Å². The summed E-state index contributed by atoms with van der Waals surface area (Å²) < 4.78 is 21.9. The third-order valence-electron chi connectivity index (χ3n) is 4.23. The minimum atomic E-state index is 0.443. The van der Waals surface area contributed by atoms with E-state index in [4.69, 9.17) is 18.9 Å². The van der Waals surface area contributed by atoms with E-state index in [-0.39, 0.29) is 0 Å². The van der Waals surface area contributed by atoms with Gasteiger partial charge in [-0.1, -0.05) is 13.0 Å². The molecule has 2 rings (SSSR count). The van der Waals surface area contributed by atoms with E-state index in [1.54, 1.807) is 27.5 Å². The summed E-state index contributed by atoms with van der Waals surface area (Å²) in [5.41, 5.74) is 1.92. The lowest BCUT2D eigenvalue weighted by Crippen LogP contribution is -2.36. The van der Waals surface area contributed by atoms with Crippen LogP contribution < -0.4 is 29.6 Å². The minimum absolute atomic E-state index is 0.443. The van der Waals surface area contributed by atoms with Crippen molar-refractivity contribution in [2.75, 3.05) is 34.5 Å². The number of guanidine groups is 1. The van der Waals surface area contributed by atoms with Gasteiger partial charge in [0.05, 0.1) is 34.5 Å². The van der Waals surface area contributed by atoms with Gasteiger partial charge < -0.3 is 29.6 Å². The van der Waals surface area contributed by atoms with E-state index in [0.717, 1.165) is 24.1 Å². The summed E-state index contributed by atoms with van der Waals surface area (Å²) in [6, 6.07) is 7.68. The normalized spacial score (nSPS) is 11.0. The molecule has 0 radical (unpaired) electrons. The summed E-state index contributed by atoms with van der Waals surface area (Å²) in [6.07, 6.45) is 2.67. The summed E-state index contributed by atoms with van der Waals surface area (Å²) in [6.45, 7) is 6.47. The second kappa shape index (κ2) is 12.4. The monoisotopic (exact) mass is 416 g/mol. The van der Waals surface area contributed by atoms with Gasteiger partial charge >= 0.3 is 0 Å². The predicted octanol–water partition coefficient (Wildman–Crippen LogP) is 3.15. The Labute approximate surface area is 178 Å². The number of ether oxygens (including phenoxy) is 4. The Bertz CT molecular complexity index is 802. The Morgan fingerprint density at radius 3 is 2.37 bits per heavy atom. The highest BCUT2D eigenvalue weighted by molar-refractivity contribution is 5.79. The van der Waals surface area contributed by atoms with Gasteiger partial charge in [-0.2, -0.15) is 0 Å². The second-order valence-electron chi connectivity index (χ2n) is 6.40. The number of hydrogen-bond donors (Lipinski definition) is 2. The summed E-state index contributed by atoms with van der Waals surface area (Å²) in [5.74, 6) is 3.11. The van der Waals surface area contributed by atoms with Crippen LogP contribution in [0.2, 0.25) is 0 Å². The molecule has 0 aliphatic carbocycles. The number of aromatic nitrogens is 1. The fourth-order valence-corrected chi connectivity index (χ4v) is 2.81. The minimum Gasteiger partial charge on any atom is -0.493 e. The molecule has 1 heterocycles. The number of aliphatic imine (C=N–C) groups is 1. The van der Waals surface area contributed by atoms with Gasteiger partial charge in [-0.15, -0.1) is 0 Å². The van der Waals surface area contributed by atoms with Crippen LogP contribution in [0, 0.1) is 0 Å². The average molecular weight is 417 g/mol. The predicted molar refractivity (Wildman–Crippen MR) is 118 cm³/mol. The quantitative estimate of drug-likeness (QED) is 0.430. The van der Waals surface area contributed by atoms with E-state index >= 15 is 0 Å². The van der Waals surface area contributed by atoms with Crippen LogP contribution >= 0.6 is 0 Å². The molecule has 0 spiro atoms. The van der Waals surface area contributed by atoms with Crippen molar-refractivity contribution in [3.8, 4) is 23.1 Å². The first-order chi connectivity index (χ1) is 14.7. The molecule has 2 aromatic rings. The standard InChI is InChI=1S/C22H32N4O4/c1-6-11-30-21-17(9-8-10-24-21)15-26-22(23-7-2)25-14-16-12-18(27-3)20(29-5)19(13-16)28-4/h8-10,12-13H,6-7,11,14-15H2,1-5H3,(H2,23,25,26). The van der Waals surface area contributed by atoms with Crippen molar-refractivity contribution in [3.63, 3.8) is 0 Å². The largest absolute Gasteiger partial charge is 0.493 e. The Hall–Kier alpha value is -3.16. The Morgan fingerprint density at radius 2 is 1.77 bits per heavy atom. The smallest absolute Gasteiger partial charge is 0.218 e. The molecule has 0 fully saturated rings. The molecule has 30 heavy (non-hydrogen) atoms. The number of benzene rings is 1. The topological polar surface area (TPSA) is 86.2 Å². The molecule has 164 valence electrons. The van der Waals surface area contributed by atoms with Crippen LogP contribution in [-0.2, 0) is 13.1 Å². The molecule has 1 aromatic carbocycles. The maximum absolute atomic E-state index is 5.73. The van der Waals surface area contributed by atoms with Crippen LogP contribution in [-0.4, -0.2) is 45.4 Å². The van der Waals surface area contributed by atoms with Crippen LogP contribution in [0.4, 0.5) is 0 Å². The summed E-state index contributed by atoms with van der Waals surface area (Å²) >= 11 is 0. The van der Waals surface area contributed by atoms with Crippen molar-refractivity contribution in [1.82, 2.24) is 15.6 Å². The lowest BCUT2D eigenvalue weighted by molar-refractivity contribution is 0.301. The second-order valence-corrected chi connectivity index (χ2v) is 6.40. The van der Waals surface area contributed by atoms with Gasteiger partial charge in [0.25, 0.3) is 0 Å². The third kappa shape index (κ3) is 6.43. The molecule has 0 unspecified atom stereocenters. The summed E-state index contributed by atoms with van der Waals surface area (Å²) in [7, 11) is 4.78. The van der Waals surface area contributed by atoms with Gasteiger partial charge in [-0.05, 0) is 37.1 Å². The lowest BCUT2D eigenvalue weighted by Gasteiger charge is -2.15. The Kier molecular flexibility index (Phi) is 9.57. The van der Waals surface area contributed by atoms with Crippen LogP contribution in [0.15, 0.2) is 35.5 Å². The maximum Gasteiger partial charge on any atom is 0.218 e. The van der Waals surface area contributed by atoms with Gasteiger partial charge in [0, 0.05) is 24.8 Å². The molecular weight excluding hydrogens is 384 g/mol. The maximum atomic E-state index is 5.73. The van der Waals surface area contributed by atoms with E-state index in [0.29, 0.717) is 48.8 Å². The molecule has 1 aromatic heterocycles. The summed E-state index contributed by atoms with van der Waals surface area (Å²) in [5, 5.41) is 6.59. The van der Waals surface area contributed by atoms with Gasteiger partial charge in [-0.3, -0.25) is 0 Å². The zero-order valence-electron chi connectivity index (χ0n) is 18.4. The van der Waals surface area contributed by atoms with Crippen LogP contribution in [0.3, 0.4) is 0 Å². The van der Waals surface area contributed by atoms with Crippen LogP contribution in [0.1, 0.15) is 31.4 Å². The van der Waals surface area contributed by atoms with Crippen molar-refractivity contribution in [3.05, 3.63) is 41.6 Å². The molecule has 2 N–H and O–H groups in total. The van der Waals surface area contributed by atoms with Gasteiger partial charge in [-0.25, -0.2) is 9.98 Å². The van der Waals surface area contributed by atoms with Crippen molar-refractivity contribution < 1.29 is 18.9 Å². The number of hydrogen-bond acceptors (Lipinski definition) is 6. The lowest BCUT2D eigenvalue weighted by atomic mass is 10.2. The molecular formula is C22H32N4O4. The highest BCUT2D eigenvalue weighted by atomic mass is 16.5. The van der Waals surface area contributed by atoms with Gasteiger partial charge in [0.2, 0.25) is 11.6 Å². The number of nitrogens with one attached hydrogen (secondary N) is 2. The highest BCUT2D eigenvalue weighted by Crippen LogP contribution is 2.38. The molecule has 0 aliphatic rings. The fraction of sp³-hybridized carbons (Fsp3) is 0.455. The SMILES string of the molecule is CCCOc1ncccc1CNC(=NCc1cc(OC)c(OC)c(OC)c1)NCC. The average Bonchev–Trinajstić information content (AvgIpc) is 2.79. The zero-order chi connectivity index (χ0) is 21.8. The van der Waals surface area contributed by atoms with Crippen molar-refractivity contribution >= 4 is 5.96 Å². The number of pyridine rings is 1. The number of nitrogens with zero attached hydrogens (tertiary/aromatic N) is 2. The Morgan fingerprint density at radius 1 is 1.03 bits per heavy atom. The molecule has 0 bridgehead atoms. The van der Waals surface area contributed by atoms with E-state index in [1.807, 2.05) is 31.2 Å². The molecule has 0 saturated carbocycles. The molecule has 8 heteroatoms. The van der Waals surface area contributed by atoms with Gasteiger partial charge in [0.15, 0.2) is 17.5 Å². The van der Waals surface area contributed by atoms with Crippen molar-refractivity contribution in [1.29, 1.82) is 0 Å². The van der Waals surface area contributed by atoms with E-state index in [9.17, 15) is 0 Å². The first-order valence-corrected chi connectivity index (χ1v) is 10.0. The van der Waals surface area contributed by atoms with Crippen molar-refractivity contribution in [2.45, 2.75) is 33.4 Å². The number of methoxy groups -OCH3 is 3. The number of rotatable bonds is 11. The van der Waals surface area contributed by atoms with E-state index < -0.39 is 0 Å². The molecule has 0 amide bonds. The van der Waals surface area contributed by atoms with Crippen LogP contribution in [0.25, 0.3) is 0 Å². The molecule has 8 nitrogen and oxygen atoms in total. The van der Waals surface area contributed by atoms with Crippen LogP contribution in [0.5, 0.6) is 23.1 Å². The zero-order valence-corrected chi connectivity index (χ0v) is 18.4. The van der Waals surface area contributed by atoms with Gasteiger partial charge in [0.1, 0.15) is 0 Å². The van der Waals surface area contributed by atoms with E-state index in [1.165, 1.54) is 0 Å². The molecule has 0 aliphatic heterocycles. The first kappa shape index (κ1) is 23.1. The van der Waals surface area contributed by atoms with Crippen molar-refractivity contribution in [2.24, 2.45) is 4.99 Å². The first-order valence-electron chi connectivity index (χ1n) is 10.0.